The summed E-state index contributed by atoms with van der Waals surface area (Å²) in [5.41, 5.74) is 11.0. The number of rotatable bonds is 5. The smallest absolute Gasteiger partial charge is 0.159 e. The first-order valence-electron chi connectivity index (χ1n) is 15.2. The van der Waals surface area contributed by atoms with Gasteiger partial charge in [-0.1, -0.05) is 121 Å². The van der Waals surface area contributed by atoms with Crippen LogP contribution in [0.15, 0.2) is 173 Å². The van der Waals surface area contributed by atoms with Gasteiger partial charge in [-0.3, -0.25) is 0 Å². The summed E-state index contributed by atoms with van der Waals surface area (Å²) in [6.45, 7) is 0. The minimum atomic E-state index is 0.846. The zero-order chi connectivity index (χ0) is 29.7. The number of para-hydroxylation sites is 3. The summed E-state index contributed by atoms with van der Waals surface area (Å²) in [6.07, 6.45) is 0. The fraction of sp³-hybridized carbons (Fsp3) is 0. The summed E-state index contributed by atoms with van der Waals surface area (Å²) in [4.78, 5) is 2.32. The van der Waals surface area contributed by atoms with Gasteiger partial charge in [0.1, 0.15) is 16.7 Å². The maximum absolute atomic E-state index is 6.66. The highest BCUT2D eigenvalue weighted by atomic mass is 16.3. The van der Waals surface area contributed by atoms with Gasteiger partial charge in [0, 0.05) is 27.4 Å². The number of hydrogen-bond donors (Lipinski definition) is 0. The van der Waals surface area contributed by atoms with Crippen molar-refractivity contribution in [3.05, 3.63) is 164 Å². The third-order valence-corrected chi connectivity index (χ3v) is 8.69. The van der Waals surface area contributed by atoms with Crippen molar-refractivity contribution in [2.75, 3.05) is 4.90 Å². The fourth-order valence-corrected chi connectivity index (χ4v) is 6.59. The number of hydrogen-bond acceptors (Lipinski definition) is 3. The van der Waals surface area contributed by atoms with Crippen LogP contribution in [-0.2, 0) is 0 Å². The highest BCUT2D eigenvalue weighted by molar-refractivity contribution is 6.18. The van der Waals surface area contributed by atoms with E-state index in [0.29, 0.717) is 0 Å². The highest BCUT2D eigenvalue weighted by Crippen LogP contribution is 2.48. The van der Waals surface area contributed by atoms with E-state index in [1.807, 2.05) is 36.4 Å². The molecule has 9 aromatic rings. The Morgan fingerprint density at radius 3 is 1.69 bits per heavy atom. The molecule has 0 aliphatic heterocycles. The quantitative estimate of drug-likeness (QED) is 0.204. The lowest BCUT2D eigenvalue weighted by atomic mass is 9.99. The first-order valence-corrected chi connectivity index (χ1v) is 15.2. The monoisotopic (exact) mass is 577 g/mol. The number of anilines is 3. The Balaban J connectivity index is 1.35. The molecule has 0 N–H and O–H groups in total. The van der Waals surface area contributed by atoms with Crippen molar-refractivity contribution in [1.82, 2.24) is 0 Å². The van der Waals surface area contributed by atoms with E-state index in [4.69, 9.17) is 8.83 Å². The van der Waals surface area contributed by atoms with E-state index in [0.717, 1.165) is 72.1 Å². The summed E-state index contributed by atoms with van der Waals surface area (Å²) < 4.78 is 13.3. The van der Waals surface area contributed by atoms with E-state index in [-0.39, 0.29) is 0 Å². The molecule has 0 aliphatic carbocycles. The van der Waals surface area contributed by atoms with Gasteiger partial charge in [-0.15, -0.1) is 0 Å². The van der Waals surface area contributed by atoms with Gasteiger partial charge in [-0.05, 0) is 59.2 Å². The molecule has 0 atom stereocenters. The molecule has 3 nitrogen and oxygen atoms in total. The second kappa shape index (κ2) is 10.3. The summed E-state index contributed by atoms with van der Waals surface area (Å²) in [6, 6.07) is 57.1. The van der Waals surface area contributed by atoms with Gasteiger partial charge in [0.25, 0.3) is 0 Å². The highest BCUT2D eigenvalue weighted by Gasteiger charge is 2.24. The topological polar surface area (TPSA) is 29.5 Å². The predicted molar refractivity (Wildman–Crippen MR) is 187 cm³/mol. The van der Waals surface area contributed by atoms with E-state index >= 15 is 0 Å². The zero-order valence-electron chi connectivity index (χ0n) is 24.4. The second-order valence-electron chi connectivity index (χ2n) is 11.3. The maximum Gasteiger partial charge on any atom is 0.159 e. The van der Waals surface area contributed by atoms with Crippen molar-refractivity contribution in [1.29, 1.82) is 0 Å². The van der Waals surface area contributed by atoms with E-state index in [1.165, 1.54) is 11.1 Å². The molecule has 45 heavy (non-hydrogen) atoms. The molecular formula is C42H27NO2. The lowest BCUT2D eigenvalue weighted by Gasteiger charge is -2.27. The lowest BCUT2D eigenvalue weighted by molar-refractivity contribution is 0.668. The van der Waals surface area contributed by atoms with E-state index < -0.39 is 0 Å². The van der Waals surface area contributed by atoms with Crippen molar-refractivity contribution < 1.29 is 8.83 Å². The Labute approximate surface area is 260 Å². The van der Waals surface area contributed by atoms with Crippen molar-refractivity contribution >= 4 is 60.9 Å². The summed E-state index contributed by atoms with van der Waals surface area (Å²) in [5, 5.41) is 4.32. The number of benzene rings is 7. The molecule has 0 unspecified atom stereocenters. The standard InChI is InChI=1S/C42H27NO2/c1-3-12-28(13-4-1)29-22-24-31(25-23-29)43(37-19-11-18-34-33-16-7-9-20-38(33)44-41(34)37)36-27-26-32(30-14-5-2-6-15-30)42-40(36)35-17-8-10-21-39(35)45-42/h1-27H. The molecular weight excluding hydrogens is 550 g/mol. The Morgan fingerprint density at radius 1 is 0.356 bits per heavy atom. The van der Waals surface area contributed by atoms with Gasteiger partial charge >= 0.3 is 0 Å². The van der Waals surface area contributed by atoms with Gasteiger partial charge < -0.3 is 13.7 Å². The molecule has 0 saturated carbocycles. The molecule has 212 valence electrons. The molecule has 0 saturated heterocycles. The minimum absolute atomic E-state index is 0.846. The van der Waals surface area contributed by atoms with Crippen molar-refractivity contribution in [2.24, 2.45) is 0 Å². The Bertz CT molecular complexity index is 2470. The van der Waals surface area contributed by atoms with Gasteiger partial charge in [-0.25, -0.2) is 0 Å². The molecule has 7 aromatic carbocycles. The average molecular weight is 578 g/mol. The number of nitrogens with zero attached hydrogens (tertiary/aromatic N) is 1. The van der Waals surface area contributed by atoms with Gasteiger partial charge in [0.2, 0.25) is 0 Å². The van der Waals surface area contributed by atoms with Crippen LogP contribution in [0.3, 0.4) is 0 Å². The van der Waals surface area contributed by atoms with Gasteiger partial charge in [0.15, 0.2) is 5.58 Å². The third-order valence-electron chi connectivity index (χ3n) is 8.69. The number of furan rings is 2. The van der Waals surface area contributed by atoms with Crippen molar-refractivity contribution in [2.45, 2.75) is 0 Å². The maximum atomic E-state index is 6.66. The molecule has 9 rings (SSSR count). The molecule has 2 aromatic heterocycles. The Kier molecular flexibility index (Phi) is 5.82. The van der Waals surface area contributed by atoms with Crippen LogP contribution in [0.1, 0.15) is 0 Å². The normalized spacial score (nSPS) is 11.6. The average Bonchev–Trinajstić information content (AvgIpc) is 3.69. The third kappa shape index (κ3) is 4.13. The second-order valence-corrected chi connectivity index (χ2v) is 11.3. The first kappa shape index (κ1) is 25.4. The summed E-state index contributed by atoms with van der Waals surface area (Å²) >= 11 is 0. The van der Waals surface area contributed by atoms with Crippen LogP contribution in [0.25, 0.3) is 66.1 Å². The molecule has 0 spiro atoms. The van der Waals surface area contributed by atoms with Crippen molar-refractivity contribution in [3.63, 3.8) is 0 Å². The fourth-order valence-electron chi connectivity index (χ4n) is 6.59. The van der Waals surface area contributed by atoms with E-state index in [1.54, 1.807) is 0 Å². The van der Waals surface area contributed by atoms with Crippen LogP contribution in [0.5, 0.6) is 0 Å². The zero-order valence-corrected chi connectivity index (χ0v) is 24.4. The van der Waals surface area contributed by atoms with E-state index in [9.17, 15) is 0 Å². The molecule has 0 aliphatic rings. The van der Waals surface area contributed by atoms with E-state index in [2.05, 4.69) is 132 Å². The molecule has 0 fully saturated rings. The Hall–Kier alpha value is -6.06. The molecule has 0 bridgehead atoms. The van der Waals surface area contributed by atoms with Gasteiger partial charge in [-0.2, -0.15) is 0 Å². The summed E-state index contributed by atoms with van der Waals surface area (Å²) in [7, 11) is 0. The summed E-state index contributed by atoms with van der Waals surface area (Å²) in [5.74, 6) is 0. The van der Waals surface area contributed by atoms with Crippen LogP contribution < -0.4 is 4.90 Å². The lowest BCUT2D eigenvalue weighted by Crippen LogP contribution is -2.10. The molecule has 2 heterocycles. The van der Waals surface area contributed by atoms with Crippen LogP contribution in [-0.4, -0.2) is 0 Å². The van der Waals surface area contributed by atoms with Crippen molar-refractivity contribution in [3.8, 4) is 22.3 Å². The number of fused-ring (bicyclic) bond motifs is 6. The minimum Gasteiger partial charge on any atom is -0.455 e. The molecule has 0 radical (unpaired) electrons. The first-order chi connectivity index (χ1) is 22.3. The largest absolute Gasteiger partial charge is 0.455 e. The molecule has 3 heteroatoms. The van der Waals surface area contributed by atoms with Crippen LogP contribution in [0.2, 0.25) is 0 Å². The van der Waals surface area contributed by atoms with Crippen LogP contribution in [0, 0.1) is 0 Å². The molecule has 0 amide bonds. The Morgan fingerprint density at radius 2 is 0.933 bits per heavy atom. The predicted octanol–water partition coefficient (Wildman–Crippen LogP) is 12.3. The van der Waals surface area contributed by atoms with Gasteiger partial charge in [0.05, 0.1) is 16.8 Å². The SMILES string of the molecule is c1ccc(-c2ccc(N(c3cccc4c3oc3ccccc34)c3ccc(-c4ccccc4)c4oc5ccccc5c34)cc2)cc1. The van der Waals surface area contributed by atoms with Crippen LogP contribution in [0.4, 0.5) is 17.1 Å². The van der Waals surface area contributed by atoms with Crippen LogP contribution >= 0.6 is 0 Å².